The first kappa shape index (κ1) is 11.6. The van der Waals surface area contributed by atoms with Gasteiger partial charge in [0.25, 0.3) is 0 Å². The molecule has 1 aromatic rings. The number of nitrogens with one attached hydrogen (secondary N) is 1. The van der Waals surface area contributed by atoms with E-state index in [2.05, 4.69) is 23.5 Å². The highest BCUT2D eigenvalue weighted by molar-refractivity contribution is 5.45. The van der Waals surface area contributed by atoms with Crippen molar-refractivity contribution >= 4 is 0 Å². The molecule has 4 rings (SSSR count). The Kier molecular flexibility index (Phi) is 2.69. The maximum Gasteiger partial charge on any atom is 0.161 e. The fourth-order valence-electron chi connectivity index (χ4n) is 3.12. The van der Waals surface area contributed by atoms with E-state index >= 15 is 0 Å². The van der Waals surface area contributed by atoms with Gasteiger partial charge in [0, 0.05) is 12.0 Å². The van der Waals surface area contributed by atoms with Gasteiger partial charge >= 0.3 is 0 Å². The Hall–Kier alpha value is -1.22. The Morgan fingerprint density at radius 1 is 1.11 bits per heavy atom. The number of rotatable bonds is 1. The van der Waals surface area contributed by atoms with Crippen LogP contribution in [0.5, 0.6) is 11.5 Å². The zero-order valence-electron chi connectivity index (χ0n) is 11.3. The summed E-state index contributed by atoms with van der Waals surface area (Å²) in [5.74, 6) is 2.50. The van der Waals surface area contributed by atoms with E-state index in [-0.39, 0.29) is 0 Å². The van der Waals surface area contributed by atoms with Crippen molar-refractivity contribution < 1.29 is 9.47 Å². The van der Waals surface area contributed by atoms with Gasteiger partial charge in [-0.25, -0.2) is 0 Å². The van der Waals surface area contributed by atoms with E-state index in [1.54, 1.807) is 0 Å². The molecule has 1 aliphatic carbocycles. The molecule has 0 aromatic heterocycles. The zero-order valence-corrected chi connectivity index (χ0v) is 11.3. The van der Waals surface area contributed by atoms with Crippen LogP contribution in [0.2, 0.25) is 0 Å². The summed E-state index contributed by atoms with van der Waals surface area (Å²) >= 11 is 0. The number of hydrogen-bond donors (Lipinski definition) is 1. The lowest BCUT2D eigenvalue weighted by Crippen LogP contribution is -2.28. The minimum atomic E-state index is 0.325. The van der Waals surface area contributed by atoms with Crippen molar-refractivity contribution in [3.05, 3.63) is 23.8 Å². The standard InChI is InChI=1S/C16H21NO2/c1-2-13(9-17-7-1)12-3-4-14-15(8-12)19-11-16(5-6-16)10-18-14/h3-4,8,13,17H,1-2,5-7,9-11H2. The minimum Gasteiger partial charge on any atom is -0.489 e. The number of benzene rings is 1. The van der Waals surface area contributed by atoms with Crippen molar-refractivity contribution in [2.45, 2.75) is 31.6 Å². The molecule has 2 fully saturated rings. The number of piperidine rings is 1. The topological polar surface area (TPSA) is 30.5 Å². The quantitative estimate of drug-likeness (QED) is 0.841. The normalized spacial score (nSPS) is 27.9. The molecule has 1 N–H and O–H groups in total. The third-order valence-corrected chi connectivity index (χ3v) is 4.76. The van der Waals surface area contributed by atoms with Crippen LogP contribution in [0.1, 0.15) is 37.2 Å². The first-order valence-electron chi connectivity index (χ1n) is 7.45. The van der Waals surface area contributed by atoms with E-state index < -0.39 is 0 Å². The predicted molar refractivity (Wildman–Crippen MR) is 73.9 cm³/mol. The van der Waals surface area contributed by atoms with E-state index in [0.29, 0.717) is 11.3 Å². The summed E-state index contributed by atoms with van der Waals surface area (Å²) < 4.78 is 11.9. The number of fused-ring (bicyclic) bond motifs is 1. The molecule has 1 unspecified atom stereocenters. The van der Waals surface area contributed by atoms with E-state index in [4.69, 9.17) is 9.47 Å². The molecule has 1 spiro atoms. The van der Waals surface area contributed by atoms with Gasteiger partial charge in [-0.05, 0) is 55.8 Å². The van der Waals surface area contributed by atoms with Crippen molar-refractivity contribution in [3.8, 4) is 11.5 Å². The molecule has 1 atom stereocenters. The van der Waals surface area contributed by atoms with Gasteiger partial charge in [0.2, 0.25) is 0 Å². The molecule has 0 amide bonds. The van der Waals surface area contributed by atoms with Crippen LogP contribution in [0.15, 0.2) is 18.2 Å². The van der Waals surface area contributed by atoms with Crippen molar-refractivity contribution in [2.75, 3.05) is 26.3 Å². The molecular formula is C16H21NO2. The summed E-state index contributed by atoms with van der Waals surface area (Å²) in [6.45, 7) is 3.89. The fourth-order valence-corrected chi connectivity index (χ4v) is 3.12. The second-order valence-electron chi connectivity index (χ2n) is 6.33. The first-order chi connectivity index (χ1) is 9.35. The Morgan fingerprint density at radius 2 is 1.95 bits per heavy atom. The lowest BCUT2D eigenvalue weighted by Gasteiger charge is -2.23. The van der Waals surface area contributed by atoms with Crippen molar-refractivity contribution in [3.63, 3.8) is 0 Å². The molecule has 2 heterocycles. The van der Waals surface area contributed by atoms with Crippen LogP contribution in [0, 0.1) is 5.41 Å². The molecule has 1 aromatic carbocycles. The minimum absolute atomic E-state index is 0.325. The van der Waals surface area contributed by atoms with Gasteiger partial charge in [0.1, 0.15) is 0 Å². The second kappa shape index (κ2) is 4.41. The molecule has 1 saturated carbocycles. The van der Waals surface area contributed by atoms with Gasteiger partial charge in [0.15, 0.2) is 11.5 Å². The van der Waals surface area contributed by atoms with Gasteiger partial charge in [-0.2, -0.15) is 0 Å². The van der Waals surface area contributed by atoms with Crippen LogP contribution in [0.3, 0.4) is 0 Å². The predicted octanol–water partition coefficient (Wildman–Crippen LogP) is 2.71. The highest BCUT2D eigenvalue weighted by Crippen LogP contribution is 2.49. The molecular weight excluding hydrogens is 238 g/mol. The van der Waals surface area contributed by atoms with Crippen molar-refractivity contribution in [1.82, 2.24) is 5.32 Å². The van der Waals surface area contributed by atoms with Crippen LogP contribution in [0.25, 0.3) is 0 Å². The van der Waals surface area contributed by atoms with Crippen LogP contribution in [0.4, 0.5) is 0 Å². The Balaban J connectivity index is 1.57. The molecule has 3 heteroatoms. The molecule has 0 radical (unpaired) electrons. The van der Waals surface area contributed by atoms with E-state index in [9.17, 15) is 0 Å². The van der Waals surface area contributed by atoms with E-state index in [1.807, 2.05) is 0 Å². The highest BCUT2D eigenvalue weighted by Gasteiger charge is 2.46. The summed E-state index contributed by atoms with van der Waals surface area (Å²) in [5, 5.41) is 3.48. The van der Waals surface area contributed by atoms with Crippen molar-refractivity contribution in [2.24, 2.45) is 5.41 Å². The largest absolute Gasteiger partial charge is 0.489 e. The third-order valence-electron chi connectivity index (χ3n) is 4.76. The van der Waals surface area contributed by atoms with Crippen LogP contribution >= 0.6 is 0 Å². The molecule has 3 nitrogen and oxygen atoms in total. The summed E-state index contributed by atoms with van der Waals surface area (Å²) in [5.41, 5.74) is 1.72. The van der Waals surface area contributed by atoms with Gasteiger partial charge in [0.05, 0.1) is 13.2 Å². The summed E-state index contributed by atoms with van der Waals surface area (Å²) in [7, 11) is 0. The van der Waals surface area contributed by atoms with Crippen LogP contribution in [-0.4, -0.2) is 26.3 Å². The molecule has 3 aliphatic rings. The van der Waals surface area contributed by atoms with Gasteiger partial charge < -0.3 is 14.8 Å². The smallest absolute Gasteiger partial charge is 0.161 e. The van der Waals surface area contributed by atoms with Gasteiger partial charge in [-0.15, -0.1) is 0 Å². The van der Waals surface area contributed by atoms with Gasteiger partial charge in [-0.3, -0.25) is 0 Å². The van der Waals surface area contributed by atoms with Gasteiger partial charge in [-0.1, -0.05) is 6.07 Å². The molecule has 0 bridgehead atoms. The first-order valence-corrected chi connectivity index (χ1v) is 7.45. The van der Waals surface area contributed by atoms with Crippen LogP contribution < -0.4 is 14.8 Å². The molecule has 1 saturated heterocycles. The third kappa shape index (κ3) is 2.20. The second-order valence-corrected chi connectivity index (χ2v) is 6.33. The van der Waals surface area contributed by atoms with Crippen LogP contribution in [-0.2, 0) is 0 Å². The lowest BCUT2D eigenvalue weighted by atomic mass is 9.91. The zero-order chi connectivity index (χ0) is 12.7. The Bertz CT molecular complexity index is 476. The average molecular weight is 259 g/mol. The maximum atomic E-state index is 6.01. The lowest BCUT2D eigenvalue weighted by molar-refractivity contribution is 0.197. The monoisotopic (exact) mass is 259 g/mol. The maximum absolute atomic E-state index is 6.01. The molecule has 102 valence electrons. The number of hydrogen-bond acceptors (Lipinski definition) is 3. The fraction of sp³-hybridized carbons (Fsp3) is 0.625. The molecule has 19 heavy (non-hydrogen) atoms. The SMILES string of the molecule is c1cc2c(cc1C1CCCNC1)OCC1(CC1)CO2. The average Bonchev–Trinajstić information content (AvgIpc) is 3.27. The Labute approximate surface area is 114 Å². The highest BCUT2D eigenvalue weighted by atomic mass is 16.5. The summed E-state index contributed by atoms with van der Waals surface area (Å²) in [6.07, 6.45) is 5.04. The summed E-state index contributed by atoms with van der Waals surface area (Å²) in [4.78, 5) is 0. The Morgan fingerprint density at radius 3 is 2.68 bits per heavy atom. The number of ether oxygens (including phenoxy) is 2. The molecule has 2 aliphatic heterocycles. The van der Waals surface area contributed by atoms with Crippen molar-refractivity contribution in [1.29, 1.82) is 0 Å². The van der Waals surface area contributed by atoms with E-state index in [1.165, 1.54) is 31.2 Å². The summed E-state index contributed by atoms with van der Waals surface area (Å²) in [6, 6.07) is 6.51. The van der Waals surface area contributed by atoms with E-state index in [0.717, 1.165) is 37.8 Å².